The van der Waals surface area contributed by atoms with E-state index in [0.717, 1.165) is 18.5 Å². The second-order valence-electron chi connectivity index (χ2n) is 6.04. The molecule has 0 radical (unpaired) electrons. The van der Waals surface area contributed by atoms with Crippen LogP contribution in [0.15, 0.2) is 12.3 Å². The lowest BCUT2D eigenvalue weighted by Crippen LogP contribution is -2.38. The van der Waals surface area contributed by atoms with E-state index in [2.05, 4.69) is 36.2 Å². The Morgan fingerprint density at radius 3 is 2.84 bits per heavy atom. The van der Waals surface area contributed by atoms with Crippen LogP contribution in [-0.4, -0.2) is 15.8 Å². The largest absolute Gasteiger partial charge is 0.271 e. The Morgan fingerprint density at radius 1 is 1.47 bits per heavy atom. The average molecular weight is 264 g/mol. The molecule has 0 saturated heterocycles. The standard InChI is InChI=1S/C15H28N4/c1-3-12(2)10-14(17-16)11-13-8-9-19(18-13)15-6-4-5-7-15/h8-9,12,14-15,17H,3-7,10-11,16H2,1-2H3. The van der Waals surface area contributed by atoms with Crippen LogP contribution in [0, 0.1) is 5.92 Å². The van der Waals surface area contributed by atoms with Crippen LogP contribution in [0.1, 0.15) is 64.1 Å². The lowest BCUT2D eigenvalue weighted by Gasteiger charge is -2.18. The van der Waals surface area contributed by atoms with E-state index in [1.54, 1.807) is 0 Å². The Kier molecular flexibility index (Phi) is 5.40. The van der Waals surface area contributed by atoms with Crippen LogP contribution in [-0.2, 0) is 6.42 Å². The summed E-state index contributed by atoms with van der Waals surface area (Å²) in [6.45, 7) is 4.51. The van der Waals surface area contributed by atoms with Gasteiger partial charge in [0.2, 0.25) is 0 Å². The van der Waals surface area contributed by atoms with E-state index in [1.165, 1.54) is 32.1 Å². The first kappa shape index (κ1) is 14.5. The molecule has 0 spiro atoms. The number of nitrogens with one attached hydrogen (secondary N) is 1. The minimum absolute atomic E-state index is 0.335. The first-order valence-electron chi connectivity index (χ1n) is 7.73. The molecule has 1 saturated carbocycles. The lowest BCUT2D eigenvalue weighted by molar-refractivity contribution is 0.390. The fraction of sp³-hybridized carbons (Fsp3) is 0.800. The van der Waals surface area contributed by atoms with Crippen LogP contribution in [0.3, 0.4) is 0 Å². The van der Waals surface area contributed by atoms with Crippen molar-refractivity contribution in [1.29, 1.82) is 0 Å². The summed E-state index contributed by atoms with van der Waals surface area (Å²) in [6, 6.07) is 3.12. The van der Waals surface area contributed by atoms with E-state index in [9.17, 15) is 0 Å². The van der Waals surface area contributed by atoms with E-state index in [1.807, 2.05) is 0 Å². The number of nitrogens with two attached hydrogens (primary N) is 1. The van der Waals surface area contributed by atoms with Crippen LogP contribution >= 0.6 is 0 Å². The van der Waals surface area contributed by atoms with Crippen molar-refractivity contribution in [2.24, 2.45) is 11.8 Å². The van der Waals surface area contributed by atoms with Gasteiger partial charge in [-0.3, -0.25) is 16.0 Å². The molecule has 1 aliphatic rings. The minimum Gasteiger partial charge on any atom is -0.271 e. The molecule has 0 amide bonds. The highest BCUT2D eigenvalue weighted by Gasteiger charge is 2.18. The van der Waals surface area contributed by atoms with Crippen molar-refractivity contribution in [3.63, 3.8) is 0 Å². The third-order valence-electron chi connectivity index (χ3n) is 4.44. The summed E-state index contributed by atoms with van der Waals surface area (Å²) >= 11 is 0. The van der Waals surface area contributed by atoms with Crippen LogP contribution in [0.2, 0.25) is 0 Å². The van der Waals surface area contributed by atoms with Gasteiger partial charge in [0.15, 0.2) is 0 Å². The summed E-state index contributed by atoms with van der Waals surface area (Å²) in [7, 11) is 0. The quantitative estimate of drug-likeness (QED) is 0.588. The SMILES string of the molecule is CCC(C)CC(Cc1ccn(C2CCCC2)n1)NN. The zero-order chi connectivity index (χ0) is 13.7. The summed E-state index contributed by atoms with van der Waals surface area (Å²) in [4.78, 5) is 0. The van der Waals surface area contributed by atoms with Gasteiger partial charge >= 0.3 is 0 Å². The average Bonchev–Trinajstić information content (AvgIpc) is 3.08. The number of hydrazine groups is 1. The molecule has 4 nitrogen and oxygen atoms in total. The molecule has 108 valence electrons. The van der Waals surface area contributed by atoms with E-state index in [-0.39, 0.29) is 0 Å². The summed E-state index contributed by atoms with van der Waals surface area (Å²) in [6.07, 6.45) is 10.7. The number of rotatable bonds is 7. The van der Waals surface area contributed by atoms with Crippen LogP contribution < -0.4 is 11.3 Å². The third kappa shape index (κ3) is 4.05. The van der Waals surface area contributed by atoms with Gasteiger partial charge in [-0.05, 0) is 31.2 Å². The Balaban J connectivity index is 1.90. The van der Waals surface area contributed by atoms with E-state index < -0.39 is 0 Å². The summed E-state index contributed by atoms with van der Waals surface area (Å²) in [5.41, 5.74) is 4.11. The third-order valence-corrected chi connectivity index (χ3v) is 4.44. The smallest absolute Gasteiger partial charge is 0.0640 e. The van der Waals surface area contributed by atoms with E-state index >= 15 is 0 Å². The molecule has 0 aromatic carbocycles. The predicted molar refractivity (Wildman–Crippen MR) is 78.6 cm³/mol. The molecule has 2 rings (SSSR count). The van der Waals surface area contributed by atoms with Gasteiger partial charge in [0.25, 0.3) is 0 Å². The lowest BCUT2D eigenvalue weighted by atomic mass is 9.97. The molecule has 1 aromatic rings. The van der Waals surface area contributed by atoms with Crippen molar-refractivity contribution in [2.75, 3.05) is 0 Å². The predicted octanol–water partition coefficient (Wildman–Crippen LogP) is 2.81. The molecule has 0 aliphatic heterocycles. The van der Waals surface area contributed by atoms with Crippen LogP contribution in [0.5, 0.6) is 0 Å². The summed E-state index contributed by atoms with van der Waals surface area (Å²) < 4.78 is 2.17. The highest BCUT2D eigenvalue weighted by atomic mass is 15.3. The Labute approximate surface area is 116 Å². The van der Waals surface area contributed by atoms with Crippen LogP contribution in [0.4, 0.5) is 0 Å². The molecule has 1 heterocycles. The van der Waals surface area contributed by atoms with Gasteiger partial charge < -0.3 is 0 Å². The normalized spacial score (nSPS) is 19.7. The Bertz CT molecular complexity index is 368. The molecule has 3 N–H and O–H groups in total. The van der Waals surface area contributed by atoms with Crippen molar-refractivity contribution in [1.82, 2.24) is 15.2 Å². The number of hydrogen-bond acceptors (Lipinski definition) is 3. The highest BCUT2D eigenvalue weighted by Crippen LogP contribution is 2.28. The van der Waals surface area contributed by atoms with Gasteiger partial charge in [-0.15, -0.1) is 0 Å². The number of nitrogens with zero attached hydrogens (tertiary/aromatic N) is 2. The maximum atomic E-state index is 5.67. The molecule has 1 fully saturated rings. The van der Waals surface area contributed by atoms with Gasteiger partial charge in [0.05, 0.1) is 11.7 Å². The molecule has 1 aliphatic carbocycles. The second kappa shape index (κ2) is 7.06. The highest BCUT2D eigenvalue weighted by molar-refractivity contribution is 5.02. The van der Waals surface area contributed by atoms with E-state index in [0.29, 0.717) is 18.0 Å². The van der Waals surface area contributed by atoms with Crippen molar-refractivity contribution in [3.8, 4) is 0 Å². The summed E-state index contributed by atoms with van der Waals surface area (Å²) in [5, 5.41) is 4.73. The maximum absolute atomic E-state index is 5.67. The van der Waals surface area contributed by atoms with Gasteiger partial charge in [0, 0.05) is 18.7 Å². The fourth-order valence-corrected chi connectivity index (χ4v) is 2.97. The molecule has 2 atom stereocenters. The first-order valence-corrected chi connectivity index (χ1v) is 7.73. The summed E-state index contributed by atoms with van der Waals surface area (Å²) in [5.74, 6) is 6.37. The zero-order valence-corrected chi connectivity index (χ0v) is 12.3. The van der Waals surface area contributed by atoms with Crippen molar-refractivity contribution in [2.45, 2.75) is 70.9 Å². The van der Waals surface area contributed by atoms with Crippen molar-refractivity contribution in [3.05, 3.63) is 18.0 Å². The van der Waals surface area contributed by atoms with Gasteiger partial charge in [0.1, 0.15) is 0 Å². The monoisotopic (exact) mass is 264 g/mol. The molecule has 1 aromatic heterocycles. The van der Waals surface area contributed by atoms with E-state index in [4.69, 9.17) is 10.9 Å². The van der Waals surface area contributed by atoms with Gasteiger partial charge in [-0.25, -0.2) is 0 Å². The molecular weight excluding hydrogens is 236 g/mol. The Hall–Kier alpha value is -0.870. The molecule has 19 heavy (non-hydrogen) atoms. The second-order valence-corrected chi connectivity index (χ2v) is 6.04. The molecule has 0 bridgehead atoms. The number of hydrogen-bond donors (Lipinski definition) is 2. The zero-order valence-electron chi connectivity index (χ0n) is 12.3. The van der Waals surface area contributed by atoms with Crippen LogP contribution in [0.25, 0.3) is 0 Å². The first-order chi connectivity index (χ1) is 9.22. The minimum atomic E-state index is 0.335. The van der Waals surface area contributed by atoms with Crippen molar-refractivity contribution >= 4 is 0 Å². The topological polar surface area (TPSA) is 55.9 Å². The number of aromatic nitrogens is 2. The van der Waals surface area contributed by atoms with Crippen molar-refractivity contribution < 1.29 is 0 Å². The molecule has 2 unspecified atom stereocenters. The maximum Gasteiger partial charge on any atom is 0.0640 e. The molecular formula is C15H28N4. The fourth-order valence-electron chi connectivity index (χ4n) is 2.97. The Morgan fingerprint density at radius 2 is 2.21 bits per heavy atom. The van der Waals surface area contributed by atoms with Gasteiger partial charge in [-0.1, -0.05) is 33.1 Å². The molecule has 4 heteroatoms. The van der Waals surface area contributed by atoms with Gasteiger partial charge in [-0.2, -0.15) is 5.10 Å².